The molecular weight excluding hydrogens is 796 g/mol. The van der Waals surface area contributed by atoms with E-state index in [1.807, 2.05) is 67.0 Å². The van der Waals surface area contributed by atoms with Crippen molar-refractivity contribution in [3.05, 3.63) is 136 Å². The second-order valence-electron chi connectivity index (χ2n) is 18.0. The number of hydrogen-bond acceptors (Lipinski definition) is 7. The predicted octanol–water partition coefficient (Wildman–Crippen LogP) is 10.8. The van der Waals surface area contributed by atoms with Crippen molar-refractivity contribution in [2.75, 3.05) is 25.1 Å². The zero-order valence-corrected chi connectivity index (χ0v) is 36.8. The van der Waals surface area contributed by atoms with E-state index in [0.717, 1.165) is 85.2 Å². The van der Waals surface area contributed by atoms with Crippen molar-refractivity contribution in [3.8, 4) is 22.6 Å². The van der Waals surface area contributed by atoms with E-state index in [2.05, 4.69) is 52.6 Å². The fourth-order valence-electron chi connectivity index (χ4n) is 10.5. The molecule has 1 spiro atoms. The van der Waals surface area contributed by atoms with E-state index in [-0.39, 0.29) is 17.2 Å². The Hall–Kier alpha value is -5.41. The third-order valence-corrected chi connectivity index (χ3v) is 13.9. The van der Waals surface area contributed by atoms with Gasteiger partial charge in [-0.1, -0.05) is 67.9 Å². The maximum atomic E-state index is 13.1. The molecule has 3 atom stereocenters. The average molecular weight is 856 g/mol. The normalized spacial score (nSPS) is 22.0. The quantitative estimate of drug-likeness (QED) is 0.0791. The Labute approximate surface area is 371 Å². The van der Waals surface area contributed by atoms with Gasteiger partial charge in [0.2, 0.25) is 5.91 Å². The average Bonchev–Trinajstić information content (AvgIpc) is 3.56. The molecule has 3 N–H and O–H groups in total. The number of unbranched alkanes of at least 4 members (excludes halogenated alkanes) is 1. The molecule has 3 aliphatic carbocycles. The second kappa shape index (κ2) is 19.3. The van der Waals surface area contributed by atoms with Crippen LogP contribution in [-0.2, 0) is 34.3 Å². The SMILES string of the molecule is C[C@@H](COc1ccnc2c1[C@H](C)CCC2)C[C@H]1Cc2ccc(OCCCCNC(=O)Cc3cccc(-c4cccnc4)c3)cc2C12CCC(Nc1cccc(Cl)c1)(C(=O)O)CC2. The Morgan fingerprint density at radius 2 is 1.77 bits per heavy atom. The van der Waals surface area contributed by atoms with Crippen LogP contribution in [0.15, 0.2) is 104 Å². The summed E-state index contributed by atoms with van der Waals surface area (Å²) in [6.07, 6.45) is 15.1. The molecule has 1 amide bonds. The van der Waals surface area contributed by atoms with Gasteiger partial charge in [-0.25, -0.2) is 4.79 Å². The number of nitrogens with zero attached hydrogens (tertiary/aromatic N) is 2. The molecule has 2 aromatic heterocycles. The van der Waals surface area contributed by atoms with E-state index in [1.165, 1.54) is 28.8 Å². The number of aliphatic carboxylic acids is 1. The molecule has 3 aliphatic rings. The number of anilines is 1. The third-order valence-electron chi connectivity index (χ3n) is 13.7. The standard InChI is InChI=1S/C52H59ClN4O5/c1-35(34-62-47-18-25-55-46-15-5-9-36(2)49(46)47)27-41-30-39-16-17-44(32-45(39)51(41)19-21-52(22-20-51,50(59)60)57-43-14-7-13-42(53)31-43)61-26-4-3-24-56-48(58)29-37-10-6-11-38(28-37)40-12-8-23-54-33-40/h6-8,10-14,16-18,23,25,28,31-33,35-36,41,57H,3-5,9,15,19-22,24,26-27,29-30,34H2,1-2H3,(H,56,58)(H,59,60)/t35-,36-,41+,51?,52?/m1/s1. The first-order chi connectivity index (χ1) is 30.1. The summed E-state index contributed by atoms with van der Waals surface area (Å²) in [7, 11) is 0. The summed E-state index contributed by atoms with van der Waals surface area (Å²) in [6.45, 7) is 6.31. The van der Waals surface area contributed by atoms with E-state index in [4.69, 9.17) is 21.1 Å². The minimum atomic E-state index is -1.09. The molecule has 9 nitrogen and oxygen atoms in total. The van der Waals surface area contributed by atoms with Crippen molar-refractivity contribution in [3.63, 3.8) is 0 Å². The second-order valence-corrected chi connectivity index (χ2v) is 18.5. The van der Waals surface area contributed by atoms with Gasteiger partial charge in [-0.3, -0.25) is 14.8 Å². The van der Waals surface area contributed by atoms with Crippen LogP contribution in [-0.4, -0.2) is 52.2 Å². The van der Waals surface area contributed by atoms with Crippen LogP contribution >= 0.6 is 11.6 Å². The summed E-state index contributed by atoms with van der Waals surface area (Å²) < 4.78 is 13.0. The van der Waals surface area contributed by atoms with Gasteiger partial charge < -0.3 is 25.2 Å². The number of ether oxygens (including phenoxy) is 2. The number of benzene rings is 3. The van der Waals surface area contributed by atoms with Gasteiger partial charge in [0, 0.05) is 47.1 Å². The minimum Gasteiger partial charge on any atom is -0.494 e. The molecule has 0 bridgehead atoms. The lowest BCUT2D eigenvalue weighted by atomic mass is 9.59. The molecule has 0 unspecified atom stereocenters. The predicted molar refractivity (Wildman–Crippen MR) is 245 cm³/mol. The fraction of sp³-hybridized carbons (Fsp3) is 0.423. The van der Waals surface area contributed by atoms with E-state index >= 15 is 0 Å². The first-order valence-electron chi connectivity index (χ1n) is 22.5. The molecule has 5 aromatic rings. The molecule has 2 heterocycles. The molecule has 0 radical (unpaired) electrons. The summed E-state index contributed by atoms with van der Waals surface area (Å²) in [5.41, 5.74) is 7.55. The molecule has 3 aromatic carbocycles. The van der Waals surface area contributed by atoms with E-state index in [9.17, 15) is 14.7 Å². The van der Waals surface area contributed by atoms with Crippen molar-refractivity contribution in [2.24, 2.45) is 11.8 Å². The number of hydrogen-bond donors (Lipinski definition) is 3. The lowest BCUT2D eigenvalue weighted by Gasteiger charge is -2.47. The van der Waals surface area contributed by atoms with Gasteiger partial charge in [-0.15, -0.1) is 0 Å². The molecule has 0 saturated heterocycles. The highest BCUT2D eigenvalue weighted by Crippen LogP contribution is 2.57. The number of carboxylic acids is 1. The lowest BCUT2D eigenvalue weighted by molar-refractivity contribution is -0.144. The Morgan fingerprint density at radius 3 is 2.58 bits per heavy atom. The third kappa shape index (κ3) is 9.78. The number of halogens is 1. The number of carbonyl (C=O) groups is 2. The lowest BCUT2D eigenvalue weighted by Crippen LogP contribution is -2.53. The molecule has 324 valence electrons. The van der Waals surface area contributed by atoms with E-state index in [0.29, 0.717) is 55.9 Å². The Kier molecular flexibility index (Phi) is 13.5. The van der Waals surface area contributed by atoms with Crippen molar-refractivity contribution in [2.45, 2.75) is 108 Å². The number of aromatic nitrogens is 2. The largest absolute Gasteiger partial charge is 0.494 e. The Balaban J connectivity index is 0.907. The maximum Gasteiger partial charge on any atom is 0.329 e. The number of nitrogens with one attached hydrogen (secondary N) is 2. The summed E-state index contributed by atoms with van der Waals surface area (Å²) >= 11 is 6.32. The van der Waals surface area contributed by atoms with Crippen LogP contribution in [0.2, 0.25) is 5.02 Å². The molecule has 62 heavy (non-hydrogen) atoms. The summed E-state index contributed by atoms with van der Waals surface area (Å²) in [5, 5.41) is 17.8. The van der Waals surface area contributed by atoms with Crippen LogP contribution in [0.25, 0.3) is 11.1 Å². The van der Waals surface area contributed by atoms with Gasteiger partial charge in [0.05, 0.1) is 19.6 Å². The van der Waals surface area contributed by atoms with Gasteiger partial charge >= 0.3 is 5.97 Å². The summed E-state index contributed by atoms with van der Waals surface area (Å²) in [4.78, 5) is 34.8. The number of aryl methyl sites for hydroxylation is 1. The first-order valence-corrected chi connectivity index (χ1v) is 22.9. The number of carbonyl (C=O) groups excluding carboxylic acids is 1. The number of carboxylic acid groups (broad SMARTS) is 1. The van der Waals surface area contributed by atoms with Crippen LogP contribution < -0.4 is 20.1 Å². The van der Waals surface area contributed by atoms with E-state index in [1.54, 1.807) is 18.3 Å². The van der Waals surface area contributed by atoms with Gasteiger partial charge in [0.1, 0.15) is 17.0 Å². The zero-order valence-electron chi connectivity index (χ0n) is 36.0. The molecular formula is C52H59ClN4O5. The van der Waals surface area contributed by atoms with Gasteiger partial charge in [0.15, 0.2) is 0 Å². The fourth-order valence-corrected chi connectivity index (χ4v) is 10.6. The van der Waals surface area contributed by atoms with Crippen molar-refractivity contribution in [1.29, 1.82) is 0 Å². The van der Waals surface area contributed by atoms with Gasteiger partial charge in [-0.05, 0) is 164 Å². The number of pyridine rings is 2. The monoisotopic (exact) mass is 854 g/mol. The van der Waals surface area contributed by atoms with Crippen molar-refractivity contribution < 1.29 is 24.2 Å². The van der Waals surface area contributed by atoms with Crippen LogP contribution in [0.1, 0.15) is 106 Å². The maximum absolute atomic E-state index is 13.1. The summed E-state index contributed by atoms with van der Waals surface area (Å²) in [6, 6.07) is 27.9. The first kappa shape index (κ1) is 43.2. The highest BCUT2D eigenvalue weighted by Gasteiger charge is 2.54. The van der Waals surface area contributed by atoms with Crippen molar-refractivity contribution >= 4 is 29.2 Å². The number of rotatable bonds is 17. The summed E-state index contributed by atoms with van der Waals surface area (Å²) in [5.74, 6) is 2.04. The molecule has 0 aliphatic heterocycles. The highest BCUT2D eigenvalue weighted by atomic mass is 35.5. The zero-order chi connectivity index (χ0) is 43.1. The van der Waals surface area contributed by atoms with Crippen molar-refractivity contribution in [1.82, 2.24) is 15.3 Å². The van der Waals surface area contributed by atoms with Gasteiger partial charge in [0.25, 0.3) is 0 Å². The molecule has 1 fully saturated rings. The number of fused-ring (bicyclic) bond motifs is 3. The molecule has 1 saturated carbocycles. The van der Waals surface area contributed by atoms with Crippen LogP contribution in [0.4, 0.5) is 5.69 Å². The molecule has 10 heteroatoms. The van der Waals surface area contributed by atoms with E-state index < -0.39 is 11.5 Å². The van der Waals surface area contributed by atoms with Crippen LogP contribution in [0, 0.1) is 11.8 Å². The highest BCUT2D eigenvalue weighted by molar-refractivity contribution is 6.30. The minimum absolute atomic E-state index is 0.00153. The number of amides is 1. The smallest absolute Gasteiger partial charge is 0.329 e. The van der Waals surface area contributed by atoms with Crippen LogP contribution in [0.5, 0.6) is 11.5 Å². The molecule has 8 rings (SSSR count). The van der Waals surface area contributed by atoms with Gasteiger partial charge in [-0.2, -0.15) is 0 Å². The topological polar surface area (TPSA) is 123 Å². The Bertz CT molecular complexity index is 2350. The Morgan fingerprint density at radius 1 is 0.935 bits per heavy atom. The van der Waals surface area contributed by atoms with Crippen LogP contribution in [0.3, 0.4) is 0 Å².